The Kier molecular flexibility index (Phi) is 3.88. The van der Waals surface area contributed by atoms with Gasteiger partial charge in [0, 0.05) is 21.9 Å². The summed E-state index contributed by atoms with van der Waals surface area (Å²) < 4.78 is 14.5. The summed E-state index contributed by atoms with van der Waals surface area (Å²) in [6, 6.07) is 6.44. The number of rotatable bonds is 3. The lowest BCUT2D eigenvalue weighted by molar-refractivity contribution is 0.626. The van der Waals surface area contributed by atoms with Crippen LogP contribution in [0.4, 0.5) is 15.8 Å². The van der Waals surface area contributed by atoms with Crippen molar-refractivity contribution in [2.45, 2.75) is 0 Å². The number of nitrogens with two attached hydrogens (primary N) is 1. The van der Waals surface area contributed by atoms with Gasteiger partial charge in [-0.2, -0.15) is 0 Å². The van der Waals surface area contributed by atoms with Crippen LogP contribution in [0.25, 0.3) is 0 Å². The zero-order chi connectivity index (χ0) is 13.1. The number of hydrogen-bond acceptors (Lipinski definition) is 3. The van der Waals surface area contributed by atoms with E-state index in [1.807, 2.05) is 6.07 Å². The molecule has 0 saturated heterocycles. The molecule has 92 valence electrons. The van der Waals surface area contributed by atoms with E-state index in [0.717, 1.165) is 10.2 Å². The number of aromatic nitrogens is 1. The van der Waals surface area contributed by atoms with Crippen molar-refractivity contribution >= 4 is 44.5 Å². The van der Waals surface area contributed by atoms with Crippen molar-refractivity contribution in [1.29, 1.82) is 0 Å². The topological polar surface area (TPSA) is 50.9 Å². The molecule has 0 bridgehead atoms. The fourth-order valence-corrected chi connectivity index (χ4v) is 1.97. The van der Waals surface area contributed by atoms with Crippen LogP contribution in [0.15, 0.2) is 41.1 Å². The van der Waals surface area contributed by atoms with E-state index in [4.69, 9.17) is 18.0 Å². The molecule has 1 aromatic heterocycles. The lowest BCUT2D eigenvalue weighted by Crippen LogP contribution is -2.11. The van der Waals surface area contributed by atoms with Gasteiger partial charge in [0.1, 0.15) is 10.8 Å². The lowest BCUT2D eigenvalue weighted by atomic mass is 10.2. The fraction of sp³-hybridized carbons (Fsp3) is 0. The highest BCUT2D eigenvalue weighted by molar-refractivity contribution is 9.10. The van der Waals surface area contributed by atoms with Crippen molar-refractivity contribution in [1.82, 2.24) is 4.98 Å². The van der Waals surface area contributed by atoms with E-state index in [-0.39, 0.29) is 10.6 Å². The predicted octanol–water partition coefficient (Wildman–Crippen LogP) is 3.36. The SMILES string of the molecule is NC(=S)c1ccc(Nc2cncc(Br)c2)cc1F. The Morgan fingerprint density at radius 3 is 2.67 bits per heavy atom. The third kappa shape index (κ3) is 3.02. The number of benzene rings is 1. The molecule has 0 aliphatic rings. The first-order chi connectivity index (χ1) is 8.56. The Balaban J connectivity index is 2.25. The van der Waals surface area contributed by atoms with Crippen LogP contribution in [0.3, 0.4) is 0 Å². The predicted molar refractivity (Wildman–Crippen MR) is 77.5 cm³/mol. The molecule has 18 heavy (non-hydrogen) atoms. The Hall–Kier alpha value is -1.53. The Morgan fingerprint density at radius 2 is 2.06 bits per heavy atom. The summed E-state index contributed by atoms with van der Waals surface area (Å²) in [7, 11) is 0. The molecule has 1 heterocycles. The molecule has 0 amide bonds. The molecule has 0 fully saturated rings. The number of nitrogens with zero attached hydrogens (tertiary/aromatic N) is 1. The molecule has 3 N–H and O–H groups in total. The largest absolute Gasteiger partial charge is 0.389 e. The third-order valence-electron chi connectivity index (χ3n) is 2.23. The average Bonchev–Trinajstić information content (AvgIpc) is 2.28. The van der Waals surface area contributed by atoms with Crippen LogP contribution in [0.5, 0.6) is 0 Å². The second-order valence-electron chi connectivity index (χ2n) is 3.58. The summed E-state index contributed by atoms with van der Waals surface area (Å²) in [6.45, 7) is 0. The van der Waals surface area contributed by atoms with Gasteiger partial charge in [-0.15, -0.1) is 0 Å². The third-order valence-corrected chi connectivity index (χ3v) is 2.88. The minimum Gasteiger partial charge on any atom is -0.389 e. The van der Waals surface area contributed by atoms with E-state index in [1.54, 1.807) is 24.5 Å². The molecule has 3 nitrogen and oxygen atoms in total. The molecular formula is C12H9BrFN3S. The van der Waals surface area contributed by atoms with E-state index < -0.39 is 5.82 Å². The normalized spacial score (nSPS) is 10.1. The molecule has 0 spiro atoms. The van der Waals surface area contributed by atoms with Crippen LogP contribution in [0.2, 0.25) is 0 Å². The summed E-state index contributed by atoms with van der Waals surface area (Å²) in [5, 5.41) is 3.04. The Labute approximate surface area is 117 Å². The van der Waals surface area contributed by atoms with E-state index in [0.29, 0.717) is 5.69 Å². The first-order valence-electron chi connectivity index (χ1n) is 5.03. The minimum atomic E-state index is -0.449. The smallest absolute Gasteiger partial charge is 0.135 e. The minimum absolute atomic E-state index is 0.0446. The van der Waals surface area contributed by atoms with E-state index in [9.17, 15) is 4.39 Å². The number of nitrogens with one attached hydrogen (secondary N) is 1. The van der Waals surface area contributed by atoms with Crippen LogP contribution in [0.1, 0.15) is 5.56 Å². The van der Waals surface area contributed by atoms with Gasteiger partial charge in [0.25, 0.3) is 0 Å². The van der Waals surface area contributed by atoms with Gasteiger partial charge in [-0.25, -0.2) is 4.39 Å². The van der Waals surface area contributed by atoms with Crippen molar-refractivity contribution in [2.24, 2.45) is 5.73 Å². The molecule has 0 unspecified atom stereocenters. The summed E-state index contributed by atoms with van der Waals surface area (Å²) in [5.41, 5.74) is 6.99. The van der Waals surface area contributed by atoms with E-state index >= 15 is 0 Å². The monoisotopic (exact) mass is 325 g/mol. The van der Waals surface area contributed by atoms with Crippen molar-refractivity contribution in [3.05, 3.63) is 52.5 Å². The molecule has 0 aliphatic carbocycles. The molecule has 1 aromatic carbocycles. The van der Waals surface area contributed by atoms with Crippen LogP contribution in [-0.2, 0) is 0 Å². The highest BCUT2D eigenvalue weighted by atomic mass is 79.9. The molecular weight excluding hydrogens is 317 g/mol. The van der Waals surface area contributed by atoms with Gasteiger partial charge in [0.05, 0.1) is 11.9 Å². The quantitative estimate of drug-likeness (QED) is 0.849. The Morgan fingerprint density at radius 1 is 1.28 bits per heavy atom. The maximum absolute atomic E-state index is 13.7. The first kappa shape index (κ1) is 12.9. The average molecular weight is 326 g/mol. The van der Waals surface area contributed by atoms with Gasteiger partial charge in [-0.3, -0.25) is 4.98 Å². The van der Waals surface area contributed by atoms with Crippen molar-refractivity contribution < 1.29 is 4.39 Å². The molecule has 0 aliphatic heterocycles. The van der Waals surface area contributed by atoms with E-state index in [1.165, 1.54) is 6.07 Å². The second kappa shape index (κ2) is 5.41. The van der Waals surface area contributed by atoms with Crippen LogP contribution in [-0.4, -0.2) is 9.97 Å². The van der Waals surface area contributed by atoms with Crippen LogP contribution in [0, 0.1) is 5.82 Å². The summed E-state index contributed by atoms with van der Waals surface area (Å²) in [4.78, 5) is 4.05. The Bertz CT molecular complexity index is 604. The molecule has 0 saturated carbocycles. The zero-order valence-corrected chi connectivity index (χ0v) is 11.6. The first-order valence-corrected chi connectivity index (χ1v) is 6.23. The number of halogens is 2. The lowest BCUT2D eigenvalue weighted by Gasteiger charge is -2.08. The zero-order valence-electron chi connectivity index (χ0n) is 9.15. The van der Waals surface area contributed by atoms with Gasteiger partial charge >= 0.3 is 0 Å². The number of thiocarbonyl (C=S) groups is 1. The molecule has 0 atom stereocenters. The number of pyridine rings is 1. The maximum atomic E-state index is 13.7. The number of anilines is 2. The standard InChI is InChI=1S/C12H9BrFN3S/c13-7-3-9(6-16-5-7)17-8-1-2-10(12(15)18)11(14)4-8/h1-6,17H,(H2,15,18). The van der Waals surface area contributed by atoms with Gasteiger partial charge in [-0.1, -0.05) is 12.2 Å². The van der Waals surface area contributed by atoms with Crippen molar-refractivity contribution in [2.75, 3.05) is 5.32 Å². The van der Waals surface area contributed by atoms with Crippen molar-refractivity contribution in [3.8, 4) is 0 Å². The number of hydrogen-bond donors (Lipinski definition) is 2. The van der Waals surface area contributed by atoms with Crippen LogP contribution >= 0.6 is 28.1 Å². The molecule has 2 rings (SSSR count). The van der Waals surface area contributed by atoms with Crippen molar-refractivity contribution in [3.63, 3.8) is 0 Å². The summed E-state index contributed by atoms with van der Waals surface area (Å²) >= 11 is 8.05. The summed E-state index contributed by atoms with van der Waals surface area (Å²) in [5.74, 6) is -0.449. The highest BCUT2D eigenvalue weighted by Crippen LogP contribution is 2.21. The van der Waals surface area contributed by atoms with Crippen LogP contribution < -0.4 is 11.1 Å². The van der Waals surface area contributed by atoms with Gasteiger partial charge < -0.3 is 11.1 Å². The van der Waals surface area contributed by atoms with Gasteiger partial charge in [-0.05, 0) is 40.2 Å². The summed E-state index contributed by atoms with van der Waals surface area (Å²) in [6.07, 6.45) is 3.31. The second-order valence-corrected chi connectivity index (χ2v) is 4.93. The molecule has 2 aromatic rings. The van der Waals surface area contributed by atoms with Gasteiger partial charge in [0.2, 0.25) is 0 Å². The maximum Gasteiger partial charge on any atom is 0.135 e. The molecule has 6 heteroatoms. The fourth-order valence-electron chi connectivity index (χ4n) is 1.44. The highest BCUT2D eigenvalue weighted by Gasteiger charge is 2.06. The molecule has 0 radical (unpaired) electrons. The van der Waals surface area contributed by atoms with Gasteiger partial charge in [0.15, 0.2) is 0 Å². The van der Waals surface area contributed by atoms with E-state index in [2.05, 4.69) is 26.2 Å².